The Morgan fingerprint density at radius 3 is 2.83 bits per heavy atom. The maximum Gasteiger partial charge on any atom is 0.259 e. The number of carbonyl (C=O) groups excluding carboxylic acids is 1. The van der Waals surface area contributed by atoms with Crippen molar-refractivity contribution in [3.8, 4) is 5.75 Å². The molecule has 0 atom stereocenters. The molecule has 6 nitrogen and oxygen atoms in total. The summed E-state index contributed by atoms with van der Waals surface area (Å²) in [5.74, 6) is 0.359. The van der Waals surface area contributed by atoms with E-state index in [4.69, 9.17) is 9.26 Å². The zero-order valence-electron chi connectivity index (χ0n) is 12.8. The zero-order valence-corrected chi connectivity index (χ0v) is 12.8. The number of amides is 1. The van der Waals surface area contributed by atoms with Crippen molar-refractivity contribution in [3.05, 3.63) is 71.6 Å². The Hall–Kier alpha value is -3.22. The van der Waals surface area contributed by atoms with Gasteiger partial charge < -0.3 is 14.6 Å². The van der Waals surface area contributed by atoms with E-state index in [9.17, 15) is 9.18 Å². The fourth-order valence-electron chi connectivity index (χ4n) is 2.09. The fourth-order valence-corrected chi connectivity index (χ4v) is 2.09. The summed E-state index contributed by atoms with van der Waals surface area (Å²) in [4.78, 5) is 16.4. The van der Waals surface area contributed by atoms with Crippen LogP contribution in [0, 0.1) is 12.7 Å². The van der Waals surface area contributed by atoms with Gasteiger partial charge in [0, 0.05) is 12.6 Å². The second kappa shape index (κ2) is 6.91. The normalized spacial score (nSPS) is 10.4. The Labute approximate surface area is 137 Å². The van der Waals surface area contributed by atoms with E-state index in [2.05, 4.69) is 15.5 Å². The molecule has 1 aromatic heterocycles. The molecule has 0 radical (unpaired) electrons. The van der Waals surface area contributed by atoms with E-state index in [1.807, 2.05) is 0 Å². The van der Waals surface area contributed by atoms with Gasteiger partial charge in [0.25, 0.3) is 5.91 Å². The predicted octanol–water partition coefficient (Wildman–Crippen LogP) is 3.35. The van der Waals surface area contributed by atoms with Crippen molar-refractivity contribution < 1.29 is 18.4 Å². The highest BCUT2D eigenvalue weighted by Gasteiger charge is 2.13. The summed E-state index contributed by atoms with van der Waals surface area (Å²) in [6.45, 7) is 1.75. The number of hydrogen-bond acceptors (Lipinski definition) is 5. The maximum atomic E-state index is 13.2. The lowest BCUT2D eigenvalue weighted by atomic mass is 10.2. The number of nitrogens with zero attached hydrogens (tertiary/aromatic N) is 2. The molecule has 0 saturated carbocycles. The van der Waals surface area contributed by atoms with Crippen molar-refractivity contribution in [2.75, 3.05) is 5.32 Å². The fraction of sp³-hybridized carbons (Fsp3) is 0.118. The number of nitrogens with one attached hydrogen (secondary N) is 1. The van der Waals surface area contributed by atoms with Crippen molar-refractivity contribution in [3.63, 3.8) is 0 Å². The van der Waals surface area contributed by atoms with Crippen LogP contribution in [0.3, 0.4) is 0 Å². The highest BCUT2D eigenvalue weighted by molar-refractivity contribution is 6.06. The molecular weight excluding hydrogens is 313 g/mol. The Balaban J connectivity index is 1.74. The first-order valence-electron chi connectivity index (χ1n) is 7.20. The van der Waals surface area contributed by atoms with Crippen molar-refractivity contribution >= 4 is 11.6 Å². The Morgan fingerprint density at radius 1 is 1.25 bits per heavy atom. The minimum absolute atomic E-state index is 0.0710. The molecule has 122 valence electrons. The van der Waals surface area contributed by atoms with Gasteiger partial charge >= 0.3 is 0 Å². The molecule has 1 heterocycles. The summed E-state index contributed by atoms with van der Waals surface area (Å²) in [5.41, 5.74) is 0.686. The number of para-hydroxylation sites is 1. The van der Waals surface area contributed by atoms with Crippen LogP contribution in [0.2, 0.25) is 0 Å². The van der Waals surface area contributed by atoms with E-state index in [1.54, 1.807) is 37.3 Å². The van der Waals surface area contributed by atoms with Crippen molar-refractivity contribution in [2.24, 2.45) is 0 Å². The lowest BCUT2D eigenvalue weighted by Gasteiger charge is -2.10. The number of aromatic nitrogens is 2. The number of anilines is 1. The summed E-state index contributed by atoms with van der Waals surface area (Å²) in [6, 6.07) is 12.4. The zero-order chi connectivity index (χ0) is 16.9. The van der Waals surface area contributed by atoms with Crippen molar-refractivity contribution in [1.29, 1.82) is 0 Å². The first-order valence-corrected chi connectivity index (χ1v) is 7.20. The molecule has 2 aromatic carbocycles. The van der Waals surface area contributed by atoms with E-state index < -0.39 is 11.7 Å². The van der Waals surface area contributed by atoms with Crippen molar-refractivity contribution in [1.82, 2.24) is 10.1 Å². The van der Waals surface area contributed by atoms with Crippen LogP contribution in [0.5, 0.6) is 5.75 Å². The molecule has 0 aliphatic carbocycles. The number of ether oxygens (including phenoxy) is 1. The van der Waals surface area contributed by atoms with Crippen LogP contribution in [0.25, 0.3) is 0 Å². The first kappa shape index (κ1) is 15.7. The van der Waals surface area contributed by atoms with Gasteiger partial charge in [-0.05, 0) is 30.3 Å². The smallest absolute Gasteiger partial charge is 0.259 e. The van der Waals surface area contributed by atoms with Gasteiger partial charge in [0.1, 0.15) is 11.6 Å². The molecule has 0 unspecified atom stereocenters. The summed E-state index contributed by atoms with van der Waals surface area (Å²) >= 11 is 0. The molecule has 0 aliphatic heterocycles. The number of rotatable bonds is 5. The predicted molar refractivity (Wildman–Crippen MR) is 84.2 cm³/mol. The number of aryl methyl sites for hydroxylation is 1. The van der Waals surface area contributed by atoms with Crippen molar-refractivity contribution in [2.45, 2.75) is 13.5 Å². The molecule has 3 aromatic rings. The number of hydrogen-bond donors (Lipinski definition) is 1. The standard InChI is InChI=1S/C17H14FN3O3/c1-11-19-16(21-24-11)10-23-15-8-3-2-7-14(15)17(22)20-13-6-4-5-12(18)9-13/h2-9H,10H2,1H3,(H,20,22). The largest absolute Gasteiger partial charge is 0.485 e. The quantitative estimate of drug-likeness (QED) is 0.777. The summed E-state index contributed by atoms with van der Waals surface area (Å²) in [7, 11) is 0. The topological polar surface area (TPSA) is 77.2 Å². The van der Waals surface area contributed by atoms with E-state index in [0.717, 1.165) is 0 Å². The van der Waals surface area contributed by atoms with E-state index in [1.165, 1.54) is 18.2 Å². The SMILES string of the molecule is Cc1nc(COc2ccccc2C(=O)Nc2cccc(F)c2)no1. The molecule has 0 aliphatic rings. The Bertz CT molecular complexity index is 864. The van der Waals surface area contributed by atoms with Gasteiger partial charge in [-0.15, -0.1) is 0 Å². The lowest BCUT2D eigenvalue weighted by Crippen LogP contribution is -2.14. The van der Waals surface area contributed by atoms with Crippen LogP contribution < -0.4 is 10.1 Å². The minimum atomic E-state index is -0.426. The second-order valence-electron chi connectivity index (χ2n) is 4.98. The van der Waals surface area contributed by atoms with E-state index in [-0.39, 0.29) is 6.61 Å². The molecule has 7 heteroatoms. The van der Waals surface area contributed by atoms with E-state index in [0.29, 0.717) is 28.7 Å². The lowest BCUT2D eigenvalue weighted by molar-refractivity contribution is 0.102. The van der Waals surface area contributed by atoms with Gasteiger partial charge in [0.05, 0.1) is 5.56 Å². The van der Waals surface area contributed by atoms with Gasteiger partial charge in [0.15, 0.2) is 6.61 Å². The minimum Gasteiger partial charge on any atom is -0.485 e. The highest BCUT2D eigenvalue weighted by atomic mass is 19.1. The average molecular weight is 327 g/mol. The van der Waals surface area contributed by atoms with Crippen LogP contribution in [-0.2, 0) is 6.61 Å². The molecule has 1 amide bonds. The Kier molecular flexibility index (Phi) is 4.51. The third-order valence-electron chi connectivity index (χ3n) is 3.14. The molecule has 1 N–H and O–H groups in total. The van der Waals surface area contributed by atoms with Crippen LogP contribution in [0.15, 0.2) is 53.1 Å². The van der Waals surface area contributed by atoms with E-state index >= 15 is 0 Å². The number of halogens is 1. The molecular formula is C17H14FN3O3. The molecule has 0 bridgehead atoms. The van der Waals surface area contributed by atoms with Gasteiger partial charge in [-0.3, -0.25) is 4.79 Å². The summed E-state index contributed by atoms with van der Waals surface area (Å²) < 4.78 is 23.7. The van der Waals surface area contributed by atoms with Crippen LogP contribution in [-0.4, -0.2) is 16.0 Å². The maximum absolute atomic E-state index is 13.2. The van der Waals surface area contributed by atoms with Crippen LogP contribution >= 0.6 is 0 Å². The summed E-state index contributed by atoms with van der Waals surface area (Å²) in [5, 5.41) is 6.36. The van der Waals surface area contributed by atoms with Crippen LogP contribution in [0.1, 0.15) is 22.1 Å². The Morgan fingerprint density at radius 2 is 2.08 bits per heavy atom. The van der Waals surface area contributed by atoms with Gasteiger partial charge in [-0.25, -0.2) is 4.39 Å². The molecule has 0 fully saturated rings. The molecule has 0 spiro atoms. The summed E-state index contributed by atoms with van der Waals surface area (Å²) in [6.07, 6.45) is 0. The molecule has 0 saturated heterocycles. The van der Waals surface area contributed by atoms with Gasteiger partial charge in [-0.2, -0.15) is 4.98 Å². The van der Waals surface area contributed by atoms with Gasteiger partial charge in [-0.1, -0.05) is 23.4 Å². The third-order valence-corrected chi connectivity index (χ3v) is 3.14. The first-order chi connectivity index (χ1) is 11.6. The van der Waals surface area contributed by atoms with Crippen LogP contribution in [0.4, 0.5) is 10.1 Å². The molecule has 3 rings (SSSR count). The van der Waals surface area contributed by atoms with Gasteiger partial charge in [0.2, 0.25) is 11.7 Å². The highest BCUT2D eigenvalue weighted by Crippen LogP contribution is 2.21. The second-order valence-corrected chi connectivity index (χ2v) is 4.98. The number of carbonyl (C=O) groups is 1. The third kappa shape index (κ3) is 3.75. The monoisotopic (exact) mass is 327 g/mol. The average Bonchev–Trinajstić information content (AvgIpc) is 2.99. The number of benzene rings is 2. The molecule has 24 heavy (non-hydrogen) atoms.